The van der Waals surface area contributed by atoms with Crippen LogP contribution in [0.3, 0.4) is 0 Å². The van der Waals surface area contributed by atoms with E-state index in [1.165, 1.54) is 32.1 Å². The first-order valence-corrected chi connectivity index (χ1v) is 7.59. The van der Waals surface area contributed by atoms with Gasteiger partial charge in [-0.3, -0.25) is 10.6 Å². The number of aryl methyl sites for hydroxylation is 1. The molecule has 1 aliphatic rings. The van der Waals surface area contributed by atoms with Gasteiger partial charge in [-0.25, -0.2) is 0 Å². The highest BCUT2D eigenvalue weighted by atomic mass is 16.1. The third kappa shape index (κ3) is 3.97. The molecule has 1 saturated carbocycles. The Kier molecular flexibility index (Phi) is 5.41. The van der Waals surface area contributed by atoms with Crippen LogP contribution in [0.15, 0.2) is 18.2 Å². The van der Waals surface area contributed by atoms with E-state index in [0.717, 1.165) is 18.4 Å². The molecular formula is C16H25N3O. The van der Waals surface area contributed by atoms with Crippen molar-refractivity contribution in [1.82, 2.24) is 5.32 Å². The van der Waals surface area contributed by atoms with Crippen LogP contribution in [0.2, 0.25) is 0 Å². The van der Waals surface area contributed by atoms with E-state index in [0.29, 0.717) is 17.3 Å². The van der Waals surface area contributed by atoms with Crippen molar-refractivity contribution in [3.63, 3.8) is 0 Å². The first kappa shape index (κ1) is 14.9. The third-order valence-corrected chi connectivity index (χ3v) is 4.02. The number of nitrogens with two attached hydrogens (primary N) is 1. The van der Waals surface area contributed by atoms with E-state index < -0.39 is 0 Å². The summed E-state index contributed by atoms with van der Waals surface area (Å²) in [6.07, 6.45) is 8.49. The molecule has 0 radical (unpaired) electrons. The lowest BCUT2D eigenvalue weighted by molar-refractivity contribution is 0.0931. The number of hydrazine groups is 1. The quantitative estimate of drug-likeness (QED) is 0.586. The van der Waals surface area contributed by atoms with Crippen molar-refractivity contribution in [2.75, 3.05) is 5.43 Å². The molecule has 1 amide bonds. The summed E-state index contributed by atoms with van der Waals surface area (Å²) in [5.74, 6) is 5.48. The number of nitrogen functional groups attached to an aromatic ring is 1. The Morgan fingerprint density at radius 2 is 1.80 bits per heavy atom. The molecule has 0 aromatic heterocycles. The number of benzene rings is 1. The van der Waals surface area contributed by atoms with E-state index in [9.17, 15) is 4.79 Å². The van der Waals surface area contributed by atoms with Gasteiger partial charge in [0.1, 0.15) is 0 Å². The highest BCUT2D eigenvalue weighted by Crippen LogP contribution is 2.20. The summed E-state index contributed by atoms with van der Waals surface area (Å²) in [5.41, 5.74) is 5.01. The van der Waals surface area contributed by atoms with Gasteiger partial charge in [0.05, 0.1) is 11.3 Å². The second kappa shape index (κ2) is 7.29. The molecule has 1 aliphatic carbocycles. The second-order valence-corrected chi connectivity index (χ2v) is 5.71. The fraction of sp³-hybridized carbons (Fsp3) is 0.562. The molecule has 0 atom stereocenters. The Hall–Kier alpha value is -1.55. The van der Waals surface area contributed by atoms with Crippen LogP contribution in [0, 0.1) is 6.92 Å². The van der Waals surface area contributed by atoms with Crippen LogP contribution in [0.4, 0.5) is 5.69 Å². The third-order valence-electron chi connectivity index (χ3n) is 4.02. The van der Waals surface area contributed by atoms with E-state index >= 15 is 0 Å². The van der Waals surface area contributed by atoms with E-state index in [4.69, 9.17) is 5.84 Å². The largest absolute Gasteiger partial charge is 0.349 e. The van der Waals surface area contributed by atoms with Gasteiger partial charge >= 0.3 is 0 Å². The second-order valence-electron chi connectivity index (χ2n) is 5.71. The zero-order chi connectivity index (χ0) is 14.4. The minimum absolute atomic E-state index is 0.0245. The van der Waals surface area contributed by atoms with Crippen LogP contribution < -0.4 is 16.6 Å². The number of hydrogen-bond donors (Lipinski definition) is 3. The van der Waals surface area contributed by atoms with Crippen LogP contribution in [0.1, 0.15) is 60.9 Å². The van der Waals surface area contributed by atoms with Gasteiger partial charge in [0, 0.05) is 6.04 Å². The summed E-state index contributed by atoms with van der Waals surface area (Å²) in [6.45, 7) is 1.98. The Morgan fingerprint density at radius 3 is 2.45 bits per heavy atom. The van der Waals surface area contributed by atoms with Crippen molar-refractivity contribution < 1.29 is 4.79 Å². The zero-order valence-electron chi connectivity index (χ0n) is 12.2. The van der Waals surface area contributed by atoms with Crippen molar-refractivity contribution >= 4 is 11.6 Å². The van der Waals surface area contributed by atoms with E-state index in [1.54, 1.807) is 0 Å². The summed E-state index contributed by atoms with van der Waals surface area (Å²) >= 11 is 0. The highest BCUT2D eigenvalue weighted by Gasteiger charge is 2.17. The monoisotopic (exact) mass is 275 g/mol. The Labute approximate surface area is 121 Å². The van der Waals surface area contributed by atoms with Crippen molar-refractivity contribution in [2.24, 2.45) is 5.84 Å². The average Bonchev–Trinajstić information content (AvgIpc) is 2.41. The van der Waals surface area contributed by atoms with Crippen LogP contribution in [0.5, 0.6) is 0 Å². The lowest BCUT2D eigenvalue weighted by atomic mass is 9.96. The topological polar surface area (TPSA) is 67.2 Å². The molecular weight excluding hydrogens is 250 g/mol. The molecule has 20 heavy (non-hydrogen) atoms. The van der Waals surface area contributed by atoms with Gasteiger partial charge < -0.3 is 10.7 Å². The van der Waals surface area contributed by atoms with Gasteiger partial charge in [0.25, 0.3) is 5.91 Å². The van der Waals surface area contributed by atoms with Gasteiger partial charge in [-0.15, -0.1) is 0 Å². The molecule has 4 nitrogen and oxygen atoms in total. The normalized spacial score (nSPS) is 17.1. The summed E-state index contributed by atoms with van der Waals surface area (Å²) < 4.78 is 0. The molecule has 4 N–H and O–H groups in total. The maximum Gasteiger partial charge on any atom is 0.253 e. The molecule has 1 aromatic rings. The summed E-state index contributed by atoms with van der Waals surface area (Å²) in [7, 11) is 0. The van der Waals surface area contributed by atoms with Gasteiger partial charge in [-0.05, 0) is 37.5 Å². The fourth-order valence-corrected chi connectivity index (χ4v) is 2.84. The van der Waals surface area contributed by atoms with Gasteiger partial charge in [-0.2, -0.15) is 0 Å². The molecule has 0 bridgehead atoms. The summed E-state index contributed by atoms with van der Waals surface area (Å²) in [4.78, 5) is 12.4. The fourth-order valence-electron chi connectivity index (χ4n) is 2.84. The molecule has 0 aliphatic heterocycles. The minimum atomic E-state index is -0.0245. The number of carbonyl (C=O) groups excluding carboxylic acids is 1. The SMILES string of the molecule is Cc1ccc(C(=O)NC2CCCCCCC2)c(NN)c1. The van der Waals surface area contributed by atoms with Crippen LogP contribution in [-0.4, -0.2) is 11.9 Å². The van der Waals surface area contributed by atoms with Crippen molar-refractivity contribution in [1.29, 1.82) is 0 Å². The number of rotatable bonds is 3. The van der Waals surface area contributed by atoms with Crippen molar-refractivity contribution in [3.05, 3.63) is 29.3 Å². The first-order valence-electron chi connectivity index (χ1n) is 7.59. The number of nitrogens with one attached hydrogen (secondary N) is 2. The van der Waals surface area contributed by atoms with E-state index in [1.807, 2.05) is 25.1 Å². The predicted molar refractivity (Wildman–Crippen MR) is 82.6 cm³/mol. The lowest BCUT2D eigenvalue weighted by Crippen LogP contribution is -2.35. The zero-order valence-corrected chi connectivity index (χ0v) is 12.2. The van der Waals surface area contributed by atoms with Crippen LogP contribution >= 0.6 is 0 Å². The van der Waals surface area contributed by atoms with E-state index in [2.05, 4.69) is 10.7 Å². The maximum atomic E-state index is 12.4. The lowest BCUT2D eigenvalue weighted by Gasteiger charge is -2.21. The Bertz CT molecular complexity index is 451. The number of hydrogen-bond acceptors (Lipinski definition) is 3. The van der Waals surface area contributed by atoms with Crippen LogP contribution in [0.25, 0.3) is 0 Å². The number of anilines is 1. The highest BCUT2D eigenvalue weighted by molar-refractivity contribution is 5.99. The standard InChI is InChI=1S/C16H25N3O/c1-12-9-10-14(15(11-12)19-17)16(20)18-13-7-5-3-2-4-6-8-13/h9-11,13,19H,2-8,17H2,1H3,(H,18,20). The summed E-state index contributed by atoms with van der Waals surface area (Å²) in [6, 6.07) is 5.97. The summed E-state index contributed by atoms with van der Waals surface area (Å²) in [5, 5.41) is 3.16. The molecule has 0 saturated heterocycles. The Morgan fingerprint density at radius 1 is 1.15 bits per heavy atom. The minimum Gasteiger partial charge on any atom is -0.349 e. The smallest absolute Gasteiger partial charge is 0.253 e. The molecule has 0 spiro atoms. The molecule has 2 rings (SSSR count). The average molecular weight is 275 g/mol. The van der Waals surface area contributed by atoms with Crippen molar-refractivity contribution in [2.45, 2.75) is 57.9 Å². The molecule has 1 fully saturated rings. The van der Waals surface area contributed by atoms with Crippen molar-refractivity contribution in [3.8, 4) is 0 Å². The van der Waals surface area contributed by atoms with Gasteiger partial charge in [0.15, 0.2) is 0 Å². The molecule has 4 heteroatoms. The number of amides is 1. The molecule has 0 heterocycles. The van der Waals surface area contributed by atoms with Gasteiger partial charge in [-0.1, -0.05) is 38.2 Å². The number of carbonyl (C=O) groups is 1. The molecule has 0 unspecified atom stereocenters. The predicted octanol–water partition coefficient (Wildman–Crippen LogP) is 3.12. The first-order chi connectivity index (χ1) is 9.70. The molecule has 110 valence electrons. The maximum absolute atomic E-state index is 12.4. The van der Waals surface area contributed by atoms with Gasteiger partial charge in [0.2, 0.25) is 0 Å². The Balaban J connectivity index is 2.03. The van der Waals surface area contributed by atoms with E-state index in [-0.39, 0.29) is 5.91 Å². The van der Waals surface area contributed by atoms with Crippen LogP contribution in [-0.2, 0) is 0 Å². The molecule has 1 aromatic carbocycles.